The monoisotopic (exact) mass is 849 g/mol. The number of carbonyl (C=O) groups excluding carboxylic acids is 5. The van der Waals surface area contributed by atoms with Crippen molar-refractivity contribution in [3.63, 3.8) is 0 Å². The van der Waals surface area contributed by atoms with Crippen LogP contribution in [0, 0.1) is 28.9 Å². The highest BCUT2D eigenvalue weighted by atomic mass is 32.2. The van der Waals surface area contributed by atoms with E-state index in [0.29, 0.717) is 37.3 Å². The number of nitrogens with one attached hydrogen (secondary N) is 1. The Morgan fingerprint density at radius 1 is 0.983 bits per heavy atom. The second-order valence-corrected chi connectivity index (χ2v) is 18.3. The molecule has 2 aliphatic heterocycles. The maximum atomic E-state index is 15.3. The Bertz CT molecular complexity index is 2090. The van der Waals surface area contributed by atoms with Crippen LogP contribution in [0.15, 0.2) is 72.9 Å². The molecule has 0 bridgehead atoms. The first-order valence-electron chi connectivity index (χ1n) is 19.8. The summed E-state index contributed by atoms with van der Waals surface area (Å²) < 4.78 is 37.4. The summed E-state index contributed by atoms with van der Waals surface area (Å²) in [6, 6.07) is 14.0. The highest BCUT2D eigenvalue weighted by molar-refractivity contribution is 7.99. The minimum atomic E-state index is -1.21. The van der Waals surface area contributed by atoms with Gasteiger partial charge in [0.25, 0.3) is 11.8 Å². The standard InChI is InChI=1S/C44H53F2N5O8S/c1-43(2,3)40(35-18-30(33-19-32(45)12-13-34(33)46)24-49(35)21-28-10-8-7-9-11-28)51(23-29-16-17-48(22-29)42(58)59-44(4,5)6)39(55)27-60-26-31(41(56)57)20-47-36(52)25-50-37(53)14-15-38(50)54/h7-15,18-19,24,29,31,40H,16-17,20-23,25-27H2,1-6H3,(H,47,52)(H,56,57)/t29?,31-,40-/m0/s1. The number of nitrogens with zero attached hydrogens (tertiary/aromatic N) is 4. The number of rotatable bonds is 16. The molecule has 1 fully saturated rings. The summed E-state index contributed by atoms with van der Waals surface area (Å²) in [6.45, 7) is 11.8. The molecule has 2 aromatic carbocycles. The van der Waals surface area contributed by atoms with E-state index in [0.717, 1.165) is 52.6 Å². The predicted molar refractivity (Wildman–Crippen MR) is 222 cm³/mol. The Hall–Kier alpha value is -5.51. The lowest BCUT2D eigenvalue weighted by atomic mass is 9.82. The van der Waals surface area contributed by atoms with E-state index in [1.54, 1.807) is 42.8 Å². The summed E-state index contributed by atoms with van der Waals surface area (Å²) >= 11 is 1.08. The quantitative estimate of drug-likeness (QED) is 0.162. The molecule has 3 aromatic rings. The van der Waals surface area contributed by atoms with Gasteiger partial charge in [-0.3, -0.25) is 28.9 Å². The van der Waals surface area contributed by atoms with E-state index in [1.165, 1.54) is 0 Å². The highest BCUT2D eigenvalue weighted by Crippen LogP contribution is 2.42. The molecule has 16 heteroatoms. The number of carboxylic acids is 1. The lowest BCUT2D eigenvalue weighted by Gasteiger charge is -2.42. The second kappa shape index (κ2) is 19.3. The molecule has 1 unspecified atom stereocenters. The van der Waals surface area contributed by atoms with Crippen LogP contribution in [-0.4, -0.2) is 110 Å². The molecular formula is C44H53F2N5O8S. The van der Waals surface area contributed by atoms with Crippen molar-refractivity contribution in [2.75, 3.05) is 44.2 Å². The third kappa shape index (κ3) is 12.0. The van der Waals surface area contributed by atoms with E-state index in [1.807, 2.05) is 55.7 Å². The number of carboxylic acid groups (broad SMARTS) is 1. The zero-order valence-corrected chi connectivity index (χ0v) is 35.6. The van der Waals surface area contributed by atoms with Gasteiger partial charge in [-0.15, -0.1) is 0 Å². The largest absolute Gasteiger partial charge is 0.481 e. The Labute approximate surface area is 353 Å². The van der Waals surface area contributed by atoms with Crippen molar-refractivity contribution in [2.45, 2.75) is 66.2 Å². The van der Waals surface area contributed by atoms with E-state index in [9.17, 15) is 38.3 Å². The number of hydrogen-bond acceptors (Lipinski definition) is 8. The Kier molecular flexibility index (Phi) is 14.6. The highest BCUT2D eigenvalue weighted by Gasteiger charge is 2.40. The van der Waals surface area contributed by atoms with Gasteiger partial charge in [0.2, 0.25) is 11.8 Å². The molecule has 2 N–H and O–H groups in total. The summed E-state index contributed by atoms with van der Waals surface area (Å²) in [5.41, 5.74) is 0.751. The molecular weight excluding hydrogens is 797 g/mol. The molecule has 0 radical (unpaired) electrons. The Balaban J connectivity index is 1.44. The van der Waals surface area contributed by atoms with Crippen molar-refractivity contribution in [1.82, 2.24) is 24.6 Å². The van der Waals surface area contributed by atoms with E-state index in [2.05, 4.69) is 5.32 Å². The lowest BCUT2D eigenvalue weighted by Crippen LogP contribution is -2.46. The van der Waals surface area contributed by atoms with Gasteiger partial charge in [0.1, 0.15) is 23.8 Å². The second-order valence-electron chi connectivity index (χ2n) is 17.2. The normalized spacial score (nSPS) is 16.6. The third-order valence-corrected chi connectivity index (χ3v) is 11.2. The van der Waals surface area contributed by atoms with E-state index >= 15 is 4.39 Å². The number of aliphatic carboxylic acids is 1. The van der Waals surface area contributed by atoms with E-state index in [4.69, 9.17) is 4.74 Å². The molecule has 5 rings (SSSR count). The fraction of sp³-hybridized carbons (Fsp3) is 0.455. The first-order valence-corrected chi connectivity index (χ1v) is 20.9. The van der Waals surface area contributed by atoms with Crippen molar-refractivity contribution < 1.29 is 47.4 Å². The Morgan fingerprint density at radius 3 is 2.30 bits per heavy atom. The third-order valence-electron chi connectivity index (χ3n) is 10.1. The van der Waals surface area contributed by atoms with Crippen LogP contribution in [0.1, 0.15) is 65.3 Å². The maximum Gasteiger partial charge on any atom is 0.410 e. The number of aromatic nitrogens is 1. The molecule has 1 aromatic heterocycles. The molecule has 5 amide bonds. The number of benzene rings is 2. The van der Waals surface area contributed by atoms with Crippen molar-refractivity contribution in [2.24, 2.45) is 17.3 Å². The first kappa shape index (κ1) is 45.6. The van der Waals surface area contributed by atoms with Crippen LogP contribution in [0.25, 0.3) is 11.1 Å². The summed E-state index contributed by atoms with van der Waals surface area (Å²) in [4.78, 5) is 80.5. The molecule has 0 saturated carbocycles. The molecule has 1 saturated heterocycles. The zero-order chi connectivity index (χ0) is 43.9. The topological polar surface area (TPSA) is 159 Å². The first-order chi connectivity index (χ1) is 28.2. The minimum Gasteiger partial charge on any atom is -0.481 e. The fourth-order valence-corrected chi connectivity index (χ4v) is 8.33. The zero-order valence-electron chi connectivity index (χ0n) is 34.8. The van der Waals surface area contributed by atoms with Crippen molar-refractivity contribution in [1.29, 1.82) is 0 Å². The van der Waals surface area contributed by atoms with Crippen molar-refractivity contribution in [3.8, 4) is 11.1 Å². The molecule has 322 valence electrons. The van der Waals surface area contributed by atoms with Crippen molar-refractivity contribution >= 4 is 47.5 Å². The van der Waals surface area contributed by atoms with E-state index < -0.39 is 70.9 Å². The minimum absolute atomic E-state index is 0.0538. The van der Waals surface area contributed by atoms with Gasteiger partial charge in [-0.25, -0.2) is 13.6 Å². The molecule has 0 aliphatic carbocycles. The number of imide groups is 1. The van der Waals surface area contributed by atoms with Gasteiger partial charge in [0.05, 0.1) is 17.7 Å². The Morgan fingerprint density at radius 2 is 1.67 bits per heavy atom. The van der Waals surface area contributed by atoms with Crippen LogP contribution in [-0.2, 0) is 35.3 Å². The van der Waals surface area contributed by atoms with Gasteiger partial charge >= 0.3 is 12.1 Å². The summed E-state index contributed by atoms with van der Waals surface area (Å²) in [7, 11) is 0. The van der Waals surface area contributed by atoms with Gasteiger partial charge in [-0.2, -0.15) is 11.8 Å². The van der Waals surface area contributed by atoms with E-state index in [-0.39, 0.29) is 42.0 Å². The molecule has 0 spiro atoms. The van der Waals surface area contributed by atoms with Crippen LogP contribution in [0.5, 0.6) is 0 Å². The molecule has 3 heterocycles. The molecule has 2 aliphatic rings. The average molecular weight is 850 g/mol. The molecule has 3 atom stereocenters. The SMILES string of the molecule is CC(C)(C)OC(=O)N1CCC(CN(C(=O)CSC[C@H](CNC(=O)CN2C(=O)C=CC2=O)C(=O)O)[C@@H](c2cc(-c3cc(F)ccc3F)cn2Cc2ccccc2)C(C)(C)C)C1. The predicted octanol–water partition coefficient (Wildman–Crippen LogP) is 6.13. The van der Waals surface area contributed by atoms with Gasteiger partial charge in [-0.05, 0) is 68.4 Å². The summed E-state index contributed by atoms with van der Waals surface area (Å²) in [5, 5.41) is 12.5. The number of thioether (sulfide) groups is 1. The summed E-state index contributed by atoms with van der Waals surface area (Å²) in [6.07, 6.45) is 3.98. The number of likely N-dealkylation sites (tertiary alicyclic amines) is 1. The number of halogens is 2. The molecule has 60 heavy (non-hydrogen) atoms. The fourth-order valence-electron chi connectivity index (χ4n) is 7.33. The van der Waals surface area contributed by atoms with Crippen LogP contribution >= 0.6 is 11.8 Å². The number of amides is 5. The number of carbonyl (C=O) groups is 6. The van der Waals surface area contributed by atoms with Gasteiger partial charge < -0.3 is 29.5 Å². The lowest BCUT2D eigenvalue weighted by molar-refractivity contribution is -0.143. The number of hydrogen-bond donors (Lipinski definition) is 2. The van der Waals surface area contributed by atoms with Crippen LogP contribution < -0.4 is 5.32 Å². The molecule has 13 nitrogen and oxygen atoms in total. The van der Waals surface area contributed by atoms with Gasteiger partial charge in [-0.1, -0.05) is 51.1 Å². The number of ether oxygens (including phenoxy) is 1. The van der Waals surface area contributed by atoms with Gasteiger partial charge in [0.15, 0.2) is 0 Å². The van der Waals surface area contributed by atoms with Crippen LogP contribution in [0.2, 0.25) is 0 Å². The van der Waals surface area contributed by atoms with Crippen LogP contribution in [0.4, 0.5) is 13.6 Å². The average Bonchev–Trinajstić information content (AvgIpc) is 3.89. The van der Waals surface area contributed by atoms with Gasteiger partial charge in [0, 0.05) is 73.6 Å². The van der Waals surface area contributed by atoms with Crippen molar-refractivity contribution in [3.05, 3.63) is 95.8 Å². The summed E-state index contributed by atoms with van der Waals surface area (Å²) in [5.74, 6) is -6.17. The maximum absolute atomic E-state index is 15.3. The smallest absolute Gasteiger partial charge is 0.410 e. The van der Waals surface area contributed by atoms with Crippen LogP contribution in [0.3, 0.4) is 0 Å².